The van der Waals surface area contributed by atoms with E-state index < -0.39 is 0 Å². The molecular formula is C59H49NO3. The second kappa shape index (κ2) is 14.7. The van der Waals surface area contributed by atoms with E-state index in [0.29, 0.717) is 49.6 Å². The number of fused-ring (bicyclic) bond motifs is 7. The Morgan fingerprint density at radius 1 is 0.444 bits per heavy atom. The first-order chi connectivity index (χ1) is 31.0. The fourth-order valence-corrected chi connectivity index (χ4v) is 11.8. The zero-order valence-electron chi connectivity index (χ0n) is 36.0. The van der Waals surface area contributed by atoms with Gasteiger partial charge in [0.15, 0.2) is 22.4 Å². The maximum Gasteiger partial charge on any atom is 0.198 e. The van der Waals surface area contributed by atoms with Crippen LogP contribution in [0.5, 0.6) is 11.5 Å². The van der Waals surface area contributed by atoms with Crippen LogP contribution in [0, 0.1) is 0 Å². The topological polar surface area (TPSA) is 47.8 Å². The van der Waals surface area contributed by atoms with Crippen LogP contribution in [-0.4, -0.2) is 4.40 Å². The molecule has 2 aromatic heterocycles. The molecule has 63 heavy (non-hydrogen) atoms. The van der Waals surface area contributed by atoms with Gasteiger partial charge in [0.1, 0.15) is 11.0 Å². The first-order valence-electron chi connectivity index (χ1n) is 23.2. The molecule has 0 atom stereocenters. The van der Waals surface area contributed by atoms with Crippen molar-refractivity contribution in [2.75, 3.05) is 0 Å². The summed E-state index contributed by atoms with van der Waals surface area (Å²) in [7, 11) is 0. The Kier molecular flexibility index (Phi) is 8.83. The molecule has 2 aliphatic rings. The van der Waals surface area contributed by atoms with Crippen LogP contribution in [-0.2, 0) is 5.41 Å². The first-order valence-corrected chi connectivity index (χ1v) is 23.2. The fraction of sp³-hybridized carbons (Fsp3) is 0.220. The number of ether oxygens (including phenoxy) is 1. The second-order valence-electron chi connectivity index (χ2n) is 18.2. The Balaban J connectivity index is 1.12. The van der Waals surface area contributed by atoms with Gasteiger partial charge in [-0.05, 0) is 109 Å². The Morgan fingerprint density at radius 3 is 1.54 bits per heavy atom. The highest BCUT2D eigenvalue weighted by Crippen LogP contribution is 2.55. The van der Waals surface area contributed by atoms with E-state index in [1.165, 1.54) is 73.6 Å². The summed E-state index contributed by atoms with van der Waals surface area (Å²) in [6.07, 6.45) is 12.2. The number of pyridine rings is 2. The van der Waals surface area contributed by atoms with Gasteiger partial charge >= 0.3 is 0 Å². The summed E-state index contributed by atoms with van der Waals surface area (Å²) < 4.78 is 8.87. The number of aromatic nitrogens is 1. The fourth-order valence-electron chi connectivity index (χ4n) is 11.8. The Bertz CT molecular complexity index is 3470. The normalized spacial score (nSPS) is 13.6. The molecule has 10 aromatic rings. The third-order valence-electron chi connectivity index (χ3n) is 14.6. The minimum absolute atomic E-state index is 0.0462. The van der Waals surface area contributed by atoms with Gasteiger partial charge < -0.3 is 9.14 Å². The summed E-state index contributed by atoms with van der Waals surface area (Å²) in [5.74, 6) is 1.24. The van der Waals surface area contributed by atoms with Crippen molar-refractivity contribution in [1.29, 1.82) is 0 Å². The van der Waals surface area contributed by atoms with E-state index in [9.17, 15) is 0 Å². The second-order valence-corrected chi connectivity index (χ2v) is 18.2. The minimum Gasteiger partial charge on any atom is -0.453 e. The molecule has 0 fully saturated rings. The van der Waals surface area contributed by atoms with Gasteiger partial charge in [-0.3, -0.25) is 9.59 Å². The SMILES string of the molecule is CCCCCCC1(CCCCCC)c2ccccc2-c2ccc(-c3ccccc3-c3cc4c(=O)c5c6ccccc6cc6c5n5c7c(cc8ccccc8c7c(=O)c(c3)c45)O6)cc21. The molecule has 1 aliphatic carbocycles. The molecule has 0 unspecified atom stereocenters. The van der Waals surface area contributed by atoms with Crippen LogP contribution in [0.4, 0.5) is 0 Å². The molecule has 0 saturated carbocycles. The van der Waals surface area contributed by atoms with Gasteiger partial charge in [0.05, 0.1) is 16.3 Å². The van der Waals surface area contributed by atoms with E-state index >= 15 is 9.59 Å². The van der Waals surface area contributed by atoms with Crippen molar-refractivity contribution in [3.05, 3.63) is 171 Å². The third-order valence-corrected chi connectivity index (χ3v) is 14.6. The van der Waals surface area contributed by atoms with Crippen LogP contribution in [0.25, 0.3) is 93.0 Å². The van der Waals surface area contributed by atoms with E-state index in [4.69, 9.17) is 4.74 Å². The minimum atomic E-state index is -0.0924. The Labute approximate surface area is 366 Å². The van der Waals surface area contributed by atoms with E-state index in [1.54, 1.807) is 0 Å². The molecule has 4 heteroatoms. The third kappa shape index (κ3) is 5.53. The largest absolute Gasteiger partial charge is 0.453 e. The summed E-state index contributed by atoms with van der Waals surface area (Å²) in [6.45, 7) is 4.59. The van der Waals surface area contributed by atoms with Crippen LogP contribution in [0.3, 0.4) is 0 Å². The summed E-state index contributed by atoms with van der Waals surface area (Å²) in [4.78, 5) is 30.5. The molecule has 3 heterocycles. The summed E-state index contributed by atoms with van der Waals surface area (Å²) in [5, 5.41) is 5.91. The van der Waals surface area contributed by atoms with Crippen molar-refractivity contribution in [3.63, 3.8) is 0 Å². The van der Waals surface area contributed by atoms with Crippen LogP contribution >= 0.6 is 0 Å². The molecule has 0 N–H and O–H groups in total. The number of unbranched alkanes of at least 4 members (excludes halogenated alkanes) is 6. The van der Waals surface area contributed by atoms with Gasteiger partial charge in [-0.25, -0.2) is 0 Å². The van der Waals surface area contributed by atoms with Gasteiger partial charge in [-0.1, -0.05) is 174 Å². The highest BCUT2D eigenvalue weighted by atomic mass is 16.5. The molecule has 8 aromatic carbocycles. The van der Waals surface area contributed by atoms with Gasteiger partial charge in [0.2, 0.25) is 0 Å². The standard InChI is InChI=1S/C59H49NO3/c1-3-5-7-17-29-59(30-18-8-6-4-2)48-26-16-15-25-44(48)45-28-27-38(33-49(45)59)40-21-13-14-22-41(40)39-31-46-54-47(32-39)58(62)53-43-24-12-10-20-37(43)35-51-56(53)60(54)55-50(63-51)34-36-19-9-11-23-42(36)52(55)57(46)61/h9-16,19-28,31-35H,3-8,17-18,29-30H2,1-2H3. The van der Waals surface area contributed by atoms with Gasteiger partial charge in [0, 0.05) is 16.2 Å². The lowest BCUT2D eigenvalue weighted by molar-refractivity contribution is 0.401. The van der Waals surface area contributed by atoms with Crippen molar-refractivity contribution < 1.29 is 4.74 Å². The molecule has 308 valence electrons. The van der Waals surface area contributed by atoms with Crippen molar-refractivity contribution in [3.8, 4) is 44.9 Å². The number of hydrogen-bond donors (Lipinski definition) is 0. The number of benzene rings is 8. The van der Waals surface area contributed by atoms with Crippen molar-refractivity contribution in [2.45, 2.75) is 83.5 Å². The van der Waals surface area contributed by atoms with Gasteiger partial charge in [0.25, 0.3) is 0 Å². The smallest absolute Gasteiger partial charge is 0.198 e. The molecule has 0 spiro atoms. The Hall–Kier alpha value is -6.78. The molecule has 4 nitrogen and oxygen atoms in total. The molecular weight excluding hydrogens is 771 g/mol. The summed E-state index contributed by atoms with van der Waals surface area (Å²) in [6, 6.07) is 49.1. The lowest BCUT2D eigenvalue weighted by atomic mass is 9.70. The first kappa shape index (κ1) is 37.9. The molecule has 0 saturated heterocycles. The lowest BCUT2D eigenvalue weighted by Crippen LogP contribution is -2.25. The highest BCUT2D eigenvalue weighted by Gasteiger charge is 2.42. The van der Waals surface area contributed by atoms with E-state index in [1.807, 2.05) is 72.8 Å². The summed E-state index contributed by atoms with van der Waals surface area (Å²) in [5.41, 5.74) is 11.6. The number of nitrogens with zero attached hydrogens (tertiary/aromatic N) is 1. The number of rotatable bonds is 12. The predicted molar refractivity (Wildman–Crippen MR) is 263 cm³/mol. The predicted octanol–water partition coefficient (Wildman–Crippen LogP) is 15.5. The lowest BCUT2D eigenvalue weighted by Gasteiger charge is -2.33. The monoisotopic (exact) mass is 819 g/mol. The van der Waals surface area contributed by atoms with Crippen LogP contribution < -0.4 is 15.6 Å². The van der Waals surface area contributed by atoms with E-state index in [-0.39, 0.29) is 16.3 Å². The maximum absolute atomic E-state index is 15.3. The van der Waals surface area contributed by atoms with Crippen LogP contribution in [0.1, 0.15) is 89.2 Å². The molecule has 1 aliphatic heterocycles. The van der Waals surface area contributed by atoms with Crippen molar-refractivity contribution in [1.82, 2.24) is 4.40 Å². The quantitative estimate of drug-likeness (QED) is 0.0701. The molecule has 12 rings (SSSR count). The van der Waals surface area contributed by atoms with Gasteiger partial charge in [-0.2, -0.15) is 0 Å². The van der Waals surface area contributed by atoms with Crippen molar-refractivity contribution >= 4 is 59.6 Å². The zero-order chi connectivity index (χ0) is 42.4. The molecule has 0 radical (unpaired) electrons. The molecule has 0 bridgehead atoms. The zero-order valence-corrected chi connectivity index (χ0v) is 36.0. The highest BCUT2D eigenvalue weighted by molar-refractivity contribution is 6.21. The van der Waals surface area contributed by atoms with Gasteiger partial charge in [-0.15, -0.1) is 0 Å². The van der Waals surface area contributed by atoms with Crippen LogP contribution in [0.15, 0.2) is 149 Å². The maximum atomic E-state index is 15.3. The Morgan fingerprint density at radius 2 is 0.952 bits per heavy atom. The average molecular weight is 820 g/mol. The van der Waals surface area contributed by atoms with E-state index in [2.05, 4.69) is 85.0 Å². The number of hydrogen-bond acceptors (Lipinski definition) is 3. The average Bonchev–Trinajstić information content (AvgIpc) is 3.59. The van der Waals surface area contributed by atoms with Crippen molar-refractivity contribution in [2.24, 2.45) is 0 Å². The molecule has 0 amide bonds. The van der Waals surface area contributed by atoms with Crippen LogP contribution in [0.2, 0.25) is 0 Å². The summed E-state index contributed by atoms with van der Waals surface area (Å²) >= 11 is 0. The van der Waals surface area contributed by atoms with E-state index in [0.717, 1.165) is 56.6 Å².